The minimum absolute atomic E-state index is 0.233. The molecular weight excluding hydrogens is 488 g/mol. The third kappa shape index (κ3) is 5.79. The molecule has 1 saturated heterocycles. The van der Waals surface area contributed by atoms with Gasteiger partial charge in [-0.3, -0.25) is 9.69 Å². The molecule has 1 fully saturated rings. The largest absolute Gasteiger partial charge is 0.487 e. The third-order valence-corrected chi connectivity index (χ3v) is 7.17. The summed E-state index contributed by atoms with van der Waals surface area (Å²) in [5.41, 5.74) is -1.17. The second kappa shape index (κ2) is 9.61. The molecule has 2 aromatic rings. The van der Waals surface area contributed by atoms with Gasteiger partial charge in [-0.2, -0.15) is 26.3 Å². The molecule has 1 spiro atoms. The fourth-order valence-corrected chi connectivity index (χ4v) is 5.00. The van der Waals surface area contributed by atoms with Crippen LogP contribution in [0.3, 0.4) is 0 Å². The number of carboxylic acid groups (broad SMARTS) is 1. The van der Waals surface area contributed by atoms with E-state index in [1.54, 1.807) is 11.8 Å². The molecule has 36 heavy (non-hydrogen) atoms. The molecule has 0 aliphatic carbocycles. The predicted molar refractivity (Wildman–Crippen MR) is 120 cm³/mol. The summed E-state index contributed by atoms with van der Waals surface area (Å²) in [5.74, 6) is -0.727. The monoisotopic (exact) mass is 515 g/mol. The van der Waals surface area contributed by atoms with Gasteiger partial charge in [-0.15, -0.1) is 0 Å². The minimum atomic E-state index is -4.75. The van der Waals surface area contributed by atoms with Crippen molar-refractivity contribution < 1.29 is 41.0 Å². The van der Waals surface area contributed by atoms with Gasteiger partial charge in [0.05, 0.1) is 17.0 Å². The van der Waals surface area contributed by atoms with E-state index in [-0.39, 0.29) is 12.1 Å². The average molecular weight is 515 g/mol. The fourth-order valence-electron chi connectivity index (χ4n) is 5.00. The maximum Gasteiger partial charge on any atom is 0.416 e. The number of aryl methyl sites for hydroxylation is 1. The van der Waals surface area contributed by atoms with Crippen molar-refractivity contribution in [2.45, 2.75) is 63.5 Å². The molecule has 0 bridgehead atoms. The van der Waals surface area contributed by atoms with Crippen molar-refractivity contribution in [1.29, 1.82) is 0 Å². The van der Waals surface area contributed by atoms with E-state index < -0.39 is 41.0 Å². The SMILES string of the molecule is CC(Cc1ccc2c(c1)OC1(CC2)CCN(Cc2cc(C(F)(F)F)ccc2C(F)(F)F)CC1)C(=O)O. The first kappa shape index (κ1) is 26.3. The van der Waals surface area contributed by atoms with Gasteiger partial charge >= 0.3 is 18.3 Å². The Bertz CT molecular complexity index is 1120. The average Bonchev–Trinajstić information content (AvgIpc) is 2.79. The van der Waals surface area contributed by atoms with Crippen LogP contribution in [0.25, 0.3) is 0 Å². The molecule has 2 aliphatic rings. The zero-order valence-electron chi connectivity index (χ0n) is 19.7. The van der Waals surface area contributed by atoms with Crippen LogP contribution in [-0.4, -0.2) is 34.7 Å². The lowest BCUT2D eigenvalue weighted by atomic mass is 9.82. The molecule has 0 amide bonds. The van der Waals surface area contributed by atoms with Crippen molar-refractivity contribution in [3.05, 3.63) is 64.2 Å². The molecule has 2 aliphatic heterocycles. The maximum atomic E-state index is 13.5. The van der Waals surface area contributed by atoms with Gasteiger partial charge in [0.1, 0.15) is 11.4 Å². The first-order chi connectivity index (χ1) is 16.8. The number of rotatable bonds is 5. The first-order valence-electron chi connectivity index (χ1n) is 11.8. The summed E-state index contributed by atoms with van der Waals surface area (Å²) in [7, 11) is 0. The number of hydrogen-bond donors (Lipinski definition) is 1. The summed E-state index contributed by atoms with van der Waals surface area (Å²) in [6.07, 6.45) is -6.56. The molecule has 0 saturated carbocycles. The summed E-state index contributed by atoms with van der Waals surface area (Å²) < 4.78 is 86.2. The van der Waals surface area contributed by atoms with Crippen molar-refractivity contribution in [1.82, 2.24) is 4.90 Å². The highest BCUT2D eigenvalue weighted by atomic mass is 19.4. The maximum absolute atomic E-state index is 13.5. The molecule has 1 unspecified atom stereocenters. The Kier molecular flexibility index (Phi) is 7.02. The number of alkyl halides is 6. The highest BCUT2D eigenvalue weighted by Crippen LogP contribution is 2.41. The van der Waals surface area contributed by atoms with Crippen molar-refractivity contribution in [3.63, 3.8) is 0 Å². The van der Waals surface area contributed by atoms with Crippen LogP contribution in [0, 0.1) is 5.92 Å². The molecule has 1 atom stereocenters. The Morgan fingerprint density at radius 1 is 1.03 bits per heavy atom. The lowest BCUT2D eigenvalue weighted by Gasteiger charge is -2.45. The summed E-state index contributed by atoms with van der Waals surface area (Å²) in [5, 5.41) is 9.17. The van der Waals surface area contributed by atoms with Gasteiger partial charge in [-0.1, -0.05) is 19.1 Å². The Balaban J connectivity index is 1.46. The van der Waals surface area contributed by atoms with Gasteiger partial charge in [0.15, 0.2) is 0 Å². The van der Waals surface area contributed by atoms with Gasteiger partial charge in [-0.05, 0) is 73.1 Å². The Morgan fingerprint density at radius 2 is 1.72 bits per heavy atom. The third-order valence-electron chi connectivity index (χ3n) is 7.17. The highest BCUT2D eigenvalue weighted by molar-refractivity contribution is 5.70. The van der Waals surface area contributed by atoms with E-state index in [1.165, 1.54) is 0 Å². The van der Waals surface area contributed by atoms with E-state index in [1.807, 2.05) is 18.2 Å². The number of benzene rings is 2. The normalized spacial score (nSPS) is 19.0. The van der Waals surface area contributed by atoms with Crippen LogP contribution >= 0.6 is 0 Å². The van der Waals surface area contributed by atoms with Crippen molar-refractivity contribution in [3.8, 4) is 5.75 Å². The summed E-state index contributed by atoms with van der Waals surface area (Å²) >= 11 is 0. The predicted octanol–water partition coefficient (Wildman–Crippen LogP) is 6.35. The van der Waals surface area contributed by atoms with Crippen molar-refractivity contribution >= 4 is 5.97 Å². The van der Waals surface area contributed by atoms with E-state index in [4.69, 9.17) is 4.74 Å². The van der Waals surface area contributed by atoms with Gasteiger partial charge in [0.2, 0.25) is 0 Å². The number of carboxylic acids is 1. The zero-order valence-corrected chi connectivity index (χ0v) is 19.7. The van der Waals surface area contributed by atoms with Gasteiger partial charge in [-0.25, -0.2) is 0 Å². The fraction of sp³-hybridized carbons (Fsp3) is 0.500. The molecule has 4 rings (SSSR count). The number of ether oxygens (including phenoxy) is 1. The van der Waals surface area contributed by atoms with Gasteiger partial charge in [0.25, 0.3) is 0 Å². The zero-order chi connectivity index (χ0) is 26.3. The van der Waals surface area contributed by atoms with E-state index in [0.29, 0.717) is 56.3 Å². The lowest BCUT2D eigenvalue weighted by molar-refractivity contribution is -0.142. The number of halogens is 6. The van der Waals surface area contributed by atoms with Crippen molar-refractivity contribution in [2.75, 3.05) is 13.1 Å². The van der Waals surface area contributed by atoms with E-state index in [9.17, 15) is 36.2 Å². The molecule has 2 aromatic carbocycles. The van der Waals surface area contributed by atoms with Crippen LogP contribution in [0.5, 0.6) is 5.75 Å². The number of fused-ring (bicyclic) bond motifs is 1. The smallest absolute Gasteiger partial charge is 0.416 e. The van der Waals surface area contributed by atoms with Gasteiger partial charge in [0, 0.05) is 19.6 Å². The van der Waals surface area contributed by atoms with Gasteiger partial charge < -0.3 is 9.84 Å². The summed E-state index contributed by atoms with van der Waals surface area (Å²) in [6, 6.07) is 7.27. The van der Waals surface area contributed by atoms with Crippen LogP contribution in [-0.2, 0) is 36.5 Å². The van der Waals surface area contributed by atoms with E-state index >= 15 is 0 Å². The number of aliphatic carboxylic acids is 1. The Hall–Kier alpha value is -2.75. The van der Waals surface area contributed by atoms with Crippen LogP contribution in [0.2, 0.25) is 0 Å². The second-order valence-corrected chi connectivity index (χ2v) is 9.81. The molecule has 0 aromatic heterocycles. The van der Waals surface area contributed by atoms with Crippen LogP contribution in [0.15, 0.2) is 36.4 Å². The molecule has 2 heterocycles. The summed E-state index contributed by atoms with van der Waals surface area (Å²) in [6.45, 7) is 2.17. The molecule has 10 heteroatoms. The lowest BCUT2D eigenvalue weighted by Crippen LogP contribution is -2.49. The molecule has 196 valence electrons. The highest BCUT2D eigenvalue weighted by Gasteiger charge is 2.41. The second-order valence-electron chi connectivity index (χ2n) is 9.81. The number of piperidine rings is 1. The van der Waals surface area contributed by atoms with Crippen molar-refractivity contribution in [2.24, 2.45) is 5.92 Å². The molecule has 1 N–H and O–H groups in total. The van der Waals surface area contributed by atoms with Crippen LogP contribution < -0.4 is 4.74 Å². The van der Waals surface area contributed by atoms with E-state index in [0.717, 1.165) is 24.0 Å². The number of likely N-dealkylation sites (tertiary alicyclic amines) is 1. The molecular formula is C26H27F6NO3. The standard InChI is InChI=1S/C26H27F6NO3/c1-16(23(34)35)12-17-2-3-18-6-7-24(36-22(18)13-17)8-10-33(11-9-24)15-19-14-20(25(27,28)29)4-5-21(19)26(30,31)32/h2-5,13-14,16H,6-12,15H2,1H3,(H,34,35). The number of hydrogen-bond acceptors (Lipinski definition) is 3. The number of carbonyl (C=O) groups is 1. The quantitative estimate of drug-likeness (QED) is 0.472. The van der Waals surface area contributed by atoms with Crippen LogP contribution in [0.4, 0.5) is 26.3 Å². The first-order valence-corrected chi connectivity index (χ1v) is 11.8. The molecule has 4 nitrogen and oxygen atoms in total. The minimum Gasteiger partial charge on any atom is -0.487 e. The Labute approximate surface area is 204 Å². The molecule has 0 radical (unpaired) electrons. The summed E-state index contributed by atoms with van der Waals surface area (Å²) in [4.78, 5) is 12.9. The van der Waals surface area contributed by atoms with Crippen LogP contribution in [0.1, 0.15) is 54.0 Å². The topological polar surface area (TPSA) is 49.8 Å². The van der Waals surface area contributed by atoms with E-state index in [2.05, 4.69) is 0 Å². The number of nitrogens with zero attached hydrogens (tertiary/aromatic N) is 1. The Morgan fingerprint density at radius 3 is 2.33 bits per heavy atom.